The molecule has 5 nitrogen and oxygen atoms in total. The molecule has 1 aromatic rings. The molecule has 2 rings (SSSR count). The Kier molecular flexibility index (Phi) is 3.41. The third kappa shape index (κ3) is 2.26. The summed E-state index contributed by atoms with van der Waals surface area (Å²) in [6, 6.07) is 3.73. The van der Waals surface area contributed by atoms with Gasteiger partial charge in [-0.3, -0.25) is 9.59 Å². The maximum atomic E-state index is 12.2. The molecule has 0 aliphatic carbocycles. The molecule has 0 aromatic carbocycles. The van der Waals surface area contributed by atoms with Crippen LogP contribution in [-0.2, 0) is 11.2 Å². The third-order valence-corrected chi connectivity index (χ3v) is 4.45. The first-order valence-electron chi connectivity index (χ1n) is 5.86. The molecule has 1 atom stereocenters. The highest BCUT2D eigenvalue weighted by Gasteiger charge is 2.43. The van der Waals surface area contributed by atoms with E-state index in [4.69, 9.17) is 10.8 Å². The van der Waals surface area contributed by atoms with Crippen LogP contribution in [0.3, 0.4) is 0 Å². The van der Waals surface area contributed by atoms with E-state index in [1.165, 1.54) is 16.2 Å². The molecule has 1 amide bonds. The van der Waals surface area contributed by atoms with Gasteiger partial charge in [-0.15, -0.1) is 11.3 Å². The quantitative estimate of drug-likeness (QED) is 0.854. The summed E-state index contributed by atoms with van der Waals surface area (Å²) in [5, 5.41) is 9.02. The van der Waals surface area contributed by atoms with Crippen LogP contribution in [0, 0.1) is 0 Å². The average molecular weight is 268 g/mol. The van der Waals surface area contributed by atoms with E-state index in [-0.39, 0.29) is 12.5 Å². The number of amides is 1. The van der Waals surface area contributed by atoms with Gasteiger partial charge in [0.25, 0.3) is 5.91 Å². The van der Waals surface area contributed by atoms with E-state index >= 15 is 0 Å². The van der Waals surface area contributed by atoms with E-state index in [1.807, 2.05) is 13.0 Å². The van der Waals surface area contributed by atoms with Crippen molar-refractivity contribution in [3.05, 3.63) is 21.9 Å². The number of hydrogen-bond donors (Lipinski definition) is 2. The van der Waals surface area contributed by atoms with Crippen molar-refractivity contribution in [3.63, 3.8) is 0 Å². The predicted octanol–water partition coefficient (Wildman–Crippen LogP) is 0.938. The molecule has 1 saturated heterocycles. The van der Waals surface area contributed by atoms with Crippen LogP contribution in [-0.4, -0.2) is 40.5 Å². The number of carbonyl (C=O) groups excluding carboxylic acids is 1. The first-order valence-corrected chi connectivity index (χ1v) is 6.68. The lowest BCUT2D eigenvalue weighted by atomic mass is 10.0. The number of carboxylic acids is 1. The van der Waals surface area contributed by atoms with E-state index in [0.29, 0.717) is 17.8 Å². The Morgan fingerprint density at radius 2 is 2.28 bits per heavy atom. The smallest absolute Gasteiger partial charge is 0.325 e. The second-order valence-electron chi connectivity index (χ2n) is 4.56. The summed E-state index contributed by atoms with van der Waals surface area (Å²) in [5.74, 6) is -1.16. The van der Waals surface area contributed by atoms with Crippen molar-refractivity contribution in [1.82, 2.24) is 4.90 Å². The molecule has 1 aliphatic rings. The lowest BCUT2D eigenvalue weighted by molar-refractivity contribution is -0.142. The molecule has 0 bridgehead atoms. The normalized spacial score (nSPS) is 23.3. The average Bonchev–Trinajstić information content (AvgIpc) is 2.95. The van der Waals surface area contributed by atoms with Crippen LogP contribution in [0.25, 0.3) is 0 Å². The molecule has 1 fully saturated rings. The molecule has 18 heavy (non-hydrogen) atoms. The van der Waals surface area contributed by atoms with Crippen LogP contribution < -0.4 is 5.73 Å². The first-order chi connectivity index (χ1) is 8.46. The Labute approximate surface area is 109 Å². The highest BCUT2D eigenvalue weighted by atomic mass is 32.1. The zero-order valence-corrected chi connectivity index (χ0v) is 11.0. The maximum Gasteiger partial charge on any atom is 0.325 e. The molecular weight excluding hydrogens is 252 g/mol. The molecule has 2 heterocycles. The van der Waals surface area contributed by atoms with E-state index in [9.17, 15) is 9.59 Å². The zero-order valence-electron chi connectivity index (χ0n) is 10.2. The molecule has 0 spiro atoms. The molecule has 1 aromatic heterocycles. The summed E-state index contributed by atoms with van der Waals surface area (Å²) >= 11 is 1.46. The van der Waals surface area contributed by atoms with E-state index < -0.39 is 11.5 Å². The number of nitrogens with two attached hydrogens (primary N) is 1. The molecule has 98 valence electrons. The minimum Gasteiger partial charge on any atom is -0.480 e. The van der Waals surface area contributed by atoms with Gasteiger partial charge in [-0.2, -0.15) is 0 Å². The summed E-state index contributed by atoms with van der Waals surface area (Å²) in [5.41, 5.74) is 4.46. The monoisotopic (exact) mass is 268 g/mol. The largest absolute Gasteiger partial charge is 0.480 e. The topological polar surface area (TPSA) is 83.6 Å². The summed E-state index contributed by atoms with van der Waals surface area (Å²) in [6.45, 7) is 2.52. The van der Waals surface area contributed by atoms with Crippen molar-refractivity contribution in [2.24, 2.45) is 5.73 Å². The second kappa shape index (κ2) is 4.70. The highest BCUT2D eigenvalue weighted by molar-refractivity contribution is 7.14. The fourth-order valence-electron chi connectivity index (χ4n) is 2.02. The number of carbonyl (C=O) groups is 2. The van der Waals surface area contributed by atoms with Crippen molar-refractivity contribution >= 4 is 23.2 Å². The Morgan fingerprint density at radius 3 is 2.78 bits per heavy atom. The Hall–Kier alpha value is -1.40. The molecule has 3 N–H and O–H groups in total. The fraction of sp³-hybridized carbons (Fsp3) is 0.500. The van der Waals surface area contributed by atoms with Crippen molar-refractivity contribution in [2.45, 2.75) is 25.3 Å². The molecule has 6 heteroatoms. The Bertz CT molecular complexity index is 485. The predicted molar refractivity (Wildman–Crippen MR) is 68.8 cm³/mol. The van der Waals surface area contributed by atoms with Crippen molar-refractivity contribution in [1.29, 1.82) is 0 Å². The second-order valence-corrected chi connectivity index (χ2v) is 5.73. The van der Waals surface area contributed by atoms with Gasteiger partial charge in [0.1, 0.15) is 5.54 Å². The van der Waals surface area contributed by atoms with Crippen LogP contribution in [0.4, 0.5) is 0 Å². The van der Waals surface area contributed by atoms with Gasteiger partial charge in [-0.1, -0.05) is 6.92 Å². The third-order valence-electron chi connectivity index (χ3n) is 3.23. The van der Waals surface area contributed by atoms with Gasteiger partial charge in [0.05, 0.1) is 4.88 Å². The van der Waals surface area contributed by atoms with Crippen LogP contribution in [0.15, 0.2) is 12.1 Å². The summed E-state index contributed by atoms with van der Waals surface area (Å²) < 4.78 is 0. The van der Waals surface area contributed by atoms with Crippen molar-refractivity contribution in [3.8, 4) is 0 Å². The van der Waals surface area contributed by atoms with Crippen LogP contribution in [0.5, 0.6) is 0 Å². The zero-order chi connectivity index (χ0) is 13.3. The van der Waals surface area contributed by atoms with E-state index in [0.717, 1.165) is 11.3 Å². The van der Waals surface area contributed by atoms with Crippen LogP contribution in [0.2, 0.25) is 0 Å². The number of aliphatic carboxylic acids is 1. The van der Waals surface area contributed by atoms with Crippen LogP contribution >= 0.6 is 11.3 Å². The number of aryl methyl sites for hydroxylation is 1. The van der Waals surface area contributed by atoms with Gasteiger partial charge in [0, 0.05) is 18.0 Å². The maximum absolute atomic E-state index is 12.2. The van der Waals surface area contributed by atoms with Gasteiger partial charge < -0.3 is 15.7 Å². The number of thiophene rings is 1. The standard InChI is InChI=1S/C12H16N2O3S/c1-2-8-3-4-9(18-8)10(15)14-6-5-12(13,7-14)11(16)17/h3-4H,2,5-7,13H2,1H3,(H,16,17). The molecular formula is C12H16N2O3S. The highest BCUT2D eigenvalue weighted by Crippen LogP contribution is 2.24. The minimum atomic E-state index is -1.29. The van der Waals surface area contributed by atoms with E-state index in [2.05, 4.69) is 0 Å². The molecule has 1 aliphatic heterocycles. The molecule has 1 unspecified atom stereocenters. The Balaban J connectivity index is 2.10. The van der Waals surface area contributed by atoms with Gasteiger partial charge in [-0.25, -0.2) is 0 Å². The number of rotatable bonds is 3. The number of nitrogens with zero attached hydrogens (tertiary/aromatic N) is 1. The number of likely N-dealkylation sites (tertiary alicyclic amines) is 1. The fourth-order valence-corrected chi connectivity index (χ4v) is 2.94. The van der Waals surface area contributed by atoms with Crippen molar-refractivity contribution in [2.75, 3.05) is 13.1 Å². The molecule has 0 radical (unpaired) electrons. The van der Waals surface area contributed by atoms with Gasteiger partial charge >= 0.3 is 5.97 Å². The Morgan fingerprint density at radius 1 is 1.56 bits per heavy atom. The van der Waals surface area contributed by atoms with Gasteiger partial charge in [0.15, 0.2) is 0 Å². The first kappa shape index (κ1) is 13.0. The molecule has 0 saturated carbocycles. The summed E-state index contributed by atoms with van der Waals surface area (Å²) in [6.07, 6.45) is 1.20. The van der Waals surface area contributed by atoms with E-state index in [1.54, 1.807) is 6.07 Å². The number of carboxylic acid groups (broad SMARTS) is 1. The van der Waals surface area contributed by atoms with Crippen LogP contribution in [0.1, 0.15) is 27.9 Å². The lowest BCUT2D eigenvalue weighted by Gasteiger charge is -2.19. The summed E-state index contributed by atoms with van der Waals surface area (Å²) in [4.78, 5) is 26.5. The number of hydrogen-bond acceptors (Lipinski definition) is 4. The lowest BCUT2D eigenvalue weighted by Crippen LogP contribution is -2.50. The van der Waals surface area contributed by atoms with Gasteiger partial charge in [-0.05, 0) is 25.0 Å². The minimum absolute atomic E-state index is 0.0839. The summed E-state index contributed by atoms with van der Waals surface area (Å²) in [7, 11) is 0. The van der Waals surface area contributed by atoms with Gasteiger partial charge in [0.2, 0.25) is 0 Å². The SMILES string of the molecule is CCc1ccc(C(=O)N2CCC(N)(C(=O)O)C2)s1. The van der Waals surface area contributed by atoms with Crippen molar-refractivity contribution < 1.29 is 14.7 Å².